The summed E-state index contributed by atoms with van der Waals surface area (Å²) in [5.74, 6) is -2.53. The second-order valence-electron chi connectivity index (χ2n) is 3.93. The van der Waals surface area contributed by atoms with Crippen LogP contribution < -0.4 is 4.74 Å². The van der Waals surface area contributed by atoms with Crippen LogP contribution in [0.5, 0.6) is 5.75 Å². The molecule has 0 saturated heterocycles. The Hall–Kier alpha value is -2.53. The number of carbonyl (C=O) groups excluding carboxylic acids is 1. The first-order chi connectivity index (χ1) is 10.5. The van der Waals surface area contributed by atoms with E-state index in [9.17, 15) is 36.9 Å². The molecule has 1 aromatic heterocycles. The summed E-state index contributed by atoms with van der Waals surface area (Å²) in [5.41, 5.74) is -3.51. The lowest BCUT2D eigenvalue weighted by atomic mass is 10.2. The average molecular weight is 344 g/mol. The summed E-state index contributed by atoms with van der Waals surface area (Å²) < 4.78 is 70.4. The number of pyridine rings is 1. The highest BCUT2D eigenvalue weighted by molar-refractivity contribution is 5.73. The van der Waals surface area contributed by atoms with Crippen LogP contribution in [-0.2, 0) is 16.0 Å². The Bertz CT molecular complexity index is 605. The predicted molar refractivity (Wildman–Crippen MR) is 62.9 cm³/mol. The van der Waals surface area contributed by atoms with Crippen LogP contribution in [0, 0.1) is 10.1 Å². The normalized spacial score (nSPS) is 11.4. The molecule has 0 spiro atoms. The summed E-state index contributed by atoms with van der Waals surface area (Å²) in [6.45, 7) is 1.27. The highest BCUT2D eigenvalue weighted by Crippen LogP contribution is 2.37. The Morgan fingerprint density at radius 3 is 2.48 bits per heavy atom. The smallest absolute Gasteiger partial charge is 0.466 e. The van der Waals surface area contributed by atoms with Gasteiger partial charge >= 0.3 is 18.0 Å². The van der Waals surface area contributed by atoms with Gasteiger partial charge in [-0.25, -0.2) is 13.8 Å². The summed E-state index contributed by atoms with van der Waals surface area (Å²) in [7, 11) is 0. The lowest BCUT2D eigenvalue weighted by Gasteiger charge is -2.13. The standard InChI is InChI=1S/C11H9F5N2O5/c1-2-22-8(19)4-5-9(23-11(14,15)16)7(18(20)21)3-6(17-5)10(12)13/h3,10H,2,4H2,1H3. The Labute approximate surface area is 125 Å². The first kappa shape index (κ1) is 18.5. The number of esters is 1. The van der Waals surface area contributed by atoms with Gasteiger partial charge in [0.15, 0.2) is 0 Å². The van der Waals surface area contributed by atoms with Gasteiger partial charge in [0.25, 0.3) is 6.43 Å². The van der Waals surface area contributed by atoms with E-state index in [0.29, 0.717) is 0 Å². The maximum absolute atomic E-state index is 12.7. The van der Waals surface area contributed by atoms with E-state index in [2.05, 4.69) is 14.5 Å². The van der Waals surface area contributed by atoms with Crippen molar-refractivity contribution >= 4 is 11.7 Å². The number of hydrogen-bond acceptors (Lipinski definition) is 6. The lowest BCUT2D eigenvalue weighted by molar-refractivity contribution is -0.389. The number of alkyl halides is 5. The summed E-state index contributed by atoms with van der Waals surface area (Å²) in [5, 5.41) is 10.8. The van der Waals surface area contributed by atoms with Gasteiger partial charge in [0, 0.05) is 6.07 Å². The van der Waals surface area contributed by atoms with Crippen molar-refractivity contribution in [1.29, 1.82) is 0 Å². The Morgan fingerprint density at radius 1 is 1.43 bits per heavy atom. The van der Waals surface area contributed by atoms with Crippen molar-refractivity contribution in [3.05, 3.63) is 27.6 Å². The van der Waals surface area contributed by atoms with Crippen molar-refractivity contribution in [1.82, 2.24) is 4.98 Å². The molecule has 1 heterocycles. The van der Waals surface area contributed by atoms with Crippen LogP contribution in [0.15, 0.2) is 6.07 Å². The molecule has 0 aliphatic heterocycles. The number of aromatic nitrogens is 1. The second kappa shape index (κ2) is 7.15. The summed E-state index contributed by atoms with van der Waals surface area (Å²) in [6, 6.07) is 0.153. The summed E-state index contributed by atoms with van der Waals surface area (Å²) in [6.07, 6.45) is -9.64. The summed E-state index contributed by atoms with van der Waals surface area (Å²) in [4.78, 5) is 23.9. The number of nitro groups is 1. The Morgan fingerprint density at radius 2 is 2.04 bits per heavy atom. The van der Waals surface area contributed by atoms with Gasteiger partial charge in [-0.15, -0.1) is 13.2 Å². The van der Waals surface area contributed by atoms with Gasteiger partial charge < -0.3 is 9.47 Å². The van der Waals surface area contributed by atoms with E-state index in [0.717, 1.165) is 0 Å². The first-order valence-electron chi connectivity index (χ1n) is 5.92. The third kappa shape index (κ3) is 5.30. The Balaban J connectivity index is 3.46. The van der Waals surface area contributed by atoms with Gasteiger partial charge in [-0.1, -0.05) is 0 Å². The zero-order valence-corrected chi connectivity index (χ0v) is 11.4. The topological polar surface area (TPSA) is 91.6 Å². The highest BCUT2D eigenvalue weighted by Gasteiger charge is 2.38. The van der Waals surface area contributed by atoms with Crippen LogP contribution in [0.25, 0.3) is 0 Å². The van der Waals surface area contributed by atoms with Crippen LogP contribution in [0.1, 0.15) is 24.7 Å². The molecule has 0 aromatic carbocycles. The molecule has 0 fully saturated rings. The van der Waals surface area contributed by atoms with Crippen molar-refractivity contribution in [2.24, 2.45) is 0 Å². The van der Waals surface area contributed by atoms with E-state index < -0.39 is 52.9 Å². The molecule has 0 aliphatic carbocycles. The van der Waals surface area contributed by atoms with Gasteiger partial charge in [0.1, 0.15) is 11.4 Å². The minimum Gasteiger partial charge on any atom is -0.466 e. The quantitative estimate of drug-likeness (QED) is 0.341. The summed E-state index contributed by atoms with van der Waals surface area (Å²) >= 11 is 0. The minimum atomic E-state index is -5.35. The van der Waals surface area contributed by atoms with E-state index in [4.69, 9.17) is 0 Å². The van der Waals surface area contributed by atoms with E-state index in [1.165, 1.54) is 6.92 Å². The molecule has 0 radical (unpaired) electrons. The third-order valence-corrected chi connectivity index (χ3v) is 2.30. The molecule has 0 N–H and O–H groups in total. The van der Waals surface area contributed by atoms with Gasteiger partial charge in [-0.3, -0.25) is 14.9 Å². The van der Waals surface area contributed by atoms with E-state index in [-0.39, 0.29) is 12.7 Å². The average Bonchev–Trinajstić information content (AvgIpc) is 2.38. The number of rotatable bonds is 6. The number of carbonyl (C=O) groups is 1. The van der Waals surface area contributed by atoms with Crippen molar-refractivity contribution < 1.29 is 41.1 Å². The molecule has 12 heteroatoms. The van der Waals surface area contributed by atoms with Crippen LogP contribution in [-0.4, -0.2) is 28.8 Å². The van der Waals surface area contributed by atoms with Crippen molar-refractivity contribution in [2.45, 2.75) is 26.1 Å². The van der Waals surface area contributed by atoms with E-state index >= 15 is 0 Å². The maximum Gasteiger partial charge on any atom is 0.573 e. The fourth-order valence-electron chi connectivity index (χ4n) is 1.54. The molecule has 128 valence electrons. The van der Waals surface area contributed by atoms with Crippen LogP contribution in [0.2, 0.25) is 0 Å². The van der Waals surface area contributed by atoms with Gasteiger partial charge in [0.2, 0.25) is 5.75 Å². The van der Waals surface area contributed by atoms with Gasteiger partial charge in [0.05, 0.1) is 18.0 Å². The predicted octanol–water partition coefficient (Wildman–Crippen LogP) is 2.93. The molecule has 0 atom stereocenters. The highest BCUT2D eigenvalue weighted by atomic mass is 19.4. The fourth-order valence-corrected chi connectivity index (χ4v) is 1.54. The largest absolute Gasteiger partial charge is 0.573 e. The molecule has 0 bridgehead atoms. The Kier molecular flexibility index (Phi) is 5.76. The fraction of sp³-hybridized carbons (Fsp3) is 0.455. The molecule has 0 unspecified atom stereocenters. The number of ether oxygens (including phenoxy) is 2. The molecular formula is C11H9F5N2O5. The molecule has 0 amide bonds. The molecule has 1 aromatic rings. The van der Waals surface area contributed by atoms with Crippen molar-refractivity contribution in [3.8, 4) is 5.75 Å². The number of hydrogen-bond donors (Lipinski definition) is 0. The molecule has 0 saturated carbocycles. The molecule has 1 rings (SSSR count). The van der Waals surface area contributed by atoms with Crippen LogP contribution in [0.3, 0.4) is 0 Å². The zero-order chi connectivity index (χ0) is 17.8. The van der Waals surface area contributed by atoms with Crippen LogP contribution >= 0.6 is 0 Å². The van der Waals surface area contributed by atoms with Crippen molar-refractivity contribution in [3.63, 3.8) is 0 Å². The minimum absolute atomic E-state index is 0.134. The number of nitrogens with zero attached hydrogens (tertiary/aromatic N) is 2. The molecule has 0 aliphatic rings. The zero-order valence-electron chi connectivity index (χ0n) is 11.4. The maximum atomic E-state index is 12.7. The SMILES string of the molecule is CCOC(=O)Cc1nc(C(F)F)cc([N+](=O)[O-])c1OC(F)(F)F. The van der Waals surface area contributed by atoms with Crippen molar-refractivity contribution in [2.75, 3.05) is 6.61 Å². The van der Waals surface area contributed by atoms with Crippen LogP contribution in [0.4, 0.5) is 27.6 Å². The van der Waals surface area contributed by atoms with Gasteiger partial charge in [-0.2, -0.15) is 0 Å². The third-order valence-electron chi connectivity index (χ3n) is 2.30. The lowest BCUT2D eigenvalue weighted by Crippen LogP contribution is -2.21. The van der Waals surface area contributed by atoms with Gasteiger partial charge in [-0.05, 0) is 6.92 Å². The molecule has 23 heavy (non-hydrogen) atoms. The second-order valence-corrected chi connectivity index (χ2v) is 3.93. The molecular weight excluding hydrogens is 335 g/mol. The first-order valence-corrected chi connectivity index (χ1v) is 5.92. The van der Waals surface area contributed by atoms with E-state index in [1.54, 1.807) is 0 Å². The number of halogens is 5. The monoisotopic (exact) mass is 344 g/mol. The van der Waals surface area contributed by atoms with E-state index in [1.807, 2.05) is 0 Å². The molecule has 7 nitrogen and oxygen atoms in total.